The lowest BCUT2D eigenvalue weighted by atomic mass is 9.98. The molecule has 1 aliphatic heterocycles. The molecule has 0 bridgehead atoms. The quantitative estimate of drug-likeness (QED) is 0.813. The first-order valence-electron chi connectivity index (χ1n) is 5.65. The molecular weight excluding hydrogens is 202 g/mol. The highest BCUT2D eigenvalue weighted by atomic mass is 16.5. The number of nitrogens with zero attached hydrogens (tertiary/aromatic N) is 2. The first kappa shape index (κ1) is 11.4. The van der Waals surface area contributed by atoms with Crippen molar-refractivity contribution >= 4 is 5.82 Å². The van der Waals surface area contributed by atoms with E-state index in [2.05, 4.69) is 16.0 Å². The Balaban J connectivity index is 2.12. The van der Waals surface area contributed by atoms with Gasteiger partial charge in [0.2, 0.25) is 0 Å². The van der Waals surface area contributed by atoms with Crippen LogP contribution in [0.4, 0.5) is 5.82 Å². The van der Waals surface area contributed by atoms with Gasteiger partial charge in [-0.1, -0.05) is 6.07 Å². The second kappa shape index (κ2) is 4.39. The van der Waals surface area contributed by atoms with Gasteiger partial charge in [-0.25, -0.2) is 4.98 Å². The van der Waals surface area contributed by atoms with E-state index in [4.69, 9.17) is 10.5 Å². The van der Waals surface area contributed by atoms with Crippen molar-refractivity contribution in [1.29, 1.82) is 0 Å². The normalized spacial score (nSPS) is 17.6. The molecule has 1 aromatic rings. The maximum atomic E-state index is 6.01. The van der Waals surface area contributed by atoms with Gasteiger partial charge in [-0.05, 0) is 25.5 Å². The molecule has 1 aromatic heterocycles. The van der Waals surface area contributed by atoms with E-state index in [-0.39, 0.29) is 5.54 Å². The molecule has 0 aromatic carbocycles. The summed E-state index contributed by atoms with van der Waals surface area (Å²) in [5.74, 6) is 1.01. The molecule has 1 fully saturated rings. The first-order chi connectivity index (χ1) is 7.57. The van der Waals surface area contributed by atoms with Gasteiger partial charge in [0, 0.05) is 24.8 Å². The predicted octanol–water partition coefficient (Wildman–Crippen LogP) is 1.11. The van der Waals surface area contributed by atoms with Crippen LogP contribution in [0, 0.1) is 0 Å². The molecule has 88 valence electrons. The molecule has 0 aliphatic carbocycles. The molecule has 0 radical (unpaired) electrons. The highest BCUT2D eigenvalue weighted by Crippen LogP contribution is 2.19. The molecule has 0 atom stereocenters. The zero-order valence-corrected chi connectivity index (χ0v) is 9.94. The third kappa shape index (κ3) is 2.51. The first-order valence-corrected chi connectivity index (χ1v) is 5.65. The summed E-state index contributed by atoms with van der Waals surface area (Å²) in [4.78, 5) is 6.69. The van der Waals surface area contributed by atoms with Gasteiger partial charge in [0.15, 0.2) is 0 Å². The van der Waals surface area contributed by atoms with E-state index >= 15 is 0 Å². The Hall–Kier alpha value is -1.13. The summed E-state index contributed by atoms with van der Waals surface area (Å²) in [6, 6.07) is 4.09. The number of morpholine rings is 1. The van der Waals surface area contributed by atoms with Crippen LogP contribution >= 0.6 is 0 Å². The van der Waals surface area contributed by atoms with Gasteiger partial charge >= 0.3 is 0 Å². The van der Waals surface area contributed by atoms with E-state index in [1.54, 1.807) is 0 Å². The largest absolute Gasteiger partial charge is 0.378 e. The SMILES string of the molecule is CC(C)(N)c1ccc(N2CCOCC2)nc1. The average Bonchev–Trinajstić information content (AvgIpc) is 2.29. The average molecular weight is 221 g/mol. The fourth-order valence-electron chi connectivity index (χ4n) is 1.75. The highest BCUT2D eigenvalue weighted by Gasteiger charge is 2.16. The standard InChI is InChI=1S/C12H19N3O/c1-12(2,13)10-3-4-11(14-9-10)15-5-7-16-8-6-15/h3-4,9H,5-8,13H2,1-2H3. The van der Waals surface area contributed by atoms with E-state index in [9.17, 15) is 0 Å². The molecule has 1 aliphatic rings. The molecule has 0 saturated carbocycles. The van der Waals surface area contributed by atoms with Crippen LogP contribution in [0.15, 0.2) is 18.3 Å². The number of aromatic nitrogens is 1. The fourth-order valence-corrected chi connectivity index (χ4v) is 1.75. The summed E-state index contributed by atoms with van der Waals surface area (Å²) in [6.45, 7) is 7.37. The molecule has 0 spiro atoms. The Bertz CT molecular complexity index is 336. The van der Waals surface area contributed by atoms with E-state index in [1.807, 2.05) is 26.1 Å². The Morgan fingerprint density at radius 1 is 1.31 bits per heavy atom. The van der Waals surface area contributed by atoms with Gasteiger partial charge in [0.1, 0.15) is 5.82 Å². The van der Waals surface area contributed by atoms with E-state index in [0.29, 0.717) is 0 Å². The third-order valence-electron chi connectivity index (χ3n) is 2.83. The van der Waals surface area contributed by atoms with Crippen LogP contribution in [0.2, 0.25) is 0 Å². The number of pyridine rings is 1. The number of anilines is 1. The summed E-state index contributed by atoms with van der Waals surface area (Å²) in [7, 11) is 0. The molecule has 16 heavy (non-hydrogen) atoms. The summed E-state index contributed by atoms with van der Waals surface area (Å²) >= 11 is 0. The maximum absolute atomic E-state index is 6.01. The summed E-state index contributed by atoms with van der Waals surface area (Å²) in [5, 5.41) is 0. The molecule has 2 N–H and O–H groups in total. The van der Waals surface area contributed by atoms with Crippen molar-refractivity contribution in [2.24, 2.45) is 5.73 Å². The van der Waals surface area contributed by atoms with Gasteiger partial charge in [-0.15, -0.1) is 0 Å². The van der Waals surface area contributed by atoms with Crippen LogP contribution in [-0.4, -0.2) is 31.3 Å². The van der Waals surface area contributed by atoms with Gasteiger partial charge < -0.3 is 15.4 Å². The minimum Gasteiger partial charge on any atom is -0.378 e. The highest BCUT2D eigenvalue weighted by molar-refractivity contribution is 5.40. The number of ether oxygens (including phenoxy) is 1. The van der Waals surface area contributed by atoms with Crippen LogP contribution in [-0.2, 0) is 10.3 Å². The zero-order chi connectivity index (χ0) is 11.6. The number of hydrogen-bond donors (Lipinski definition) is 1. The van der Waals surface area contributed by atoms with Gasteiger partial charge in [0.05, 0.1) is 13.2 Å². The smallest absolute Gasteiger partial charge is 0.128 e. The second-order valence-corrected chi connectivity index (χ2v) is 4.73. The van der Waals surface area contributed by atoms with Gasteiger partial charge in [0.25, 0.3) is 0 Å². The Morgan fingerprint density at radius 2 is 2.00 bits per heavy atom. The van der Waals surface area contributed by atoms with Crippen LogP contribution in [0.1, 0.15) is 19.4 Å². The van der Waals surface area contributed by atoms with Crippen molar-refractivity contribution in [3.63, 3.8) is 0 Å². The van der Waals surface area contributed by atoms with Crippen LogP contribution in [0.3, 0.4) is 0 Å². The minimum atomic E-state index is -0.323. The summed E-state index contributed by atoms with van der Waals surface area (Å²) in [6.07, 6.45) is 1.87. The number of nitrogens with two attached hydrogens (primary N) is 1. The van der Waals surface area contributed by atoms with Gasteiger partial charge in [-0.2, -0.15) is 0 Å². The van der Waals surface area contributed by atoms with E-state index in [0.717, 1.165) is 37.7 Å². The Kier molecular flexibility index (Phi) is 3.12. The molecule has 4 heteroatoms. The van der Waals surface area contributed by atoms with E-state index < -0.39 is 0 Å². The maximum Gasteiger partial charge on any atom is 0.128 e. The van der Waals surface area contributed by atoms with Crippen molar-refractivity contribution in [3.8, 4) is 0 Å². The molecular formula is C12H19N3O. The van der Waals surface area contributed by atoms with Crippen molar-refractivity contribution < 1.29 is 4.74 Å². The predicted molar refractivity (Wildman–Crippen MR) is 64.5 cm³/mol. The monoisotopic (exact) mass is 221 g/mol. The topological polar surface area (TPSA) is 51.4 Å². The lowest BCUT2D eigenvalue weighted by molar-refractivity contribution is 0.122. The van der Waals surface area contributed by atoms with Crippen LogP contribution < -0.4 is 10.6 Å². The number of rotatable bonds is 2. The fraction of sp³-hybridized carbons (Fsp3) is 0.583. The Labute approximate surface area is 96.4 Å². The lowest BCUT2D eigenvalue weighted by Gasteiger charge is -2.28. The van der Waals surface area contributed by atoms with Crippen LogP contribution in [0.25, 0.3) is 0 Å². The molecule has 1 saturated heterocycles. The van der Waals surface area contributed by atoms with Crippen molar-refractivity contribution in [2.45, 2.75) is 19.4 Å². The minimum absolute atomic E-state index is 0.323. The van der Waals surface area contributed by atoms with E-state index in [1.165, 1.54) is 0 Å². The molecule has 0 unspecified atom stereocenters. The summed E-state index contributed by atoms with van der Waals surface area (Å²) < 4.78 is 5.31. The molecule has 2 rings (SSSR count). The van der Waals surface area contributed by atoms with Crippen molar-refractivity contribution in [1.82, 2.24) is 4.98 Å². The van der Waals surface area contributed by atoms with Crippen LogP contribution in [0.5, 0.6) is 0 Å². The molecule has 2 heterocycles. The van der Waals surface area contributed by atoms with Crippen molar-refractivity contribution in [2.75, 3.05) is 31.2 Å². The van der Waals surface area contributed by atoms with Crippen molar-refractivity contribution in [3.05, 3.63) is 23.9 Å². The van der Waals surface area contributed by atoms with Gasteiger partial charge in [-0.3, -0.25) is 0 Å². The third-order valence-corrected chi connectivity index (χ3v) is 2.83. The molecule has 4 nitrogen and oxygen atoms in total. The second-order valence-electron chi connectivity index (χ2n) is 4.73. The Morgan fingerprint density at radius 3 is 2.50 bits per heavy atom. The molecule has 0 amide bonds. The zero-order valence-electron chi connectivity index (χ0n) is 9.94. The summed E-state index contributed by atoms with van der Waals surface area (Å²) in [5.41, 5.74) is 6.75. The number of hydrogen-bond acceptors (Lipinski definition) is 4. The lowest BCUT2D eigenvalue weighted by Crippen LogP contribution is -2.37.